The standard InChI is InChI=1S/C29H39N5O7S.H2O/c1-19(35)30-27-31-23-15-14-22(17-24(23)32-27)42(38,39)34(41-21-12-8-9-13-21)18-26(36)25(16-20-10-6-5-7-11-20)33-28(37)40-29(2,3)4;/h5-7,10-11,14-15,17,21,25-26,36H,8-9,12-13,16,18H2,1-4H3,(H,33,37)(H2,30,31,32,35);1H2/t25-,26?;/m0./s1. The quantitative estimate of drug-likeness (QED) is 0.235. The van der Waals surface area contributed by atoms with E-state index in [0.717, 1.165) is 22.9 Å². The molecule has 3 aromatic rings. The minimum Gasteiger partial charge on any atom is -0.444 e. The van der Waals surface area contributed by atoms with E-state index in [0.29, 0.717) is 23.9 Å². The lowest BCUT2D eigenvalue weighted by Crippen LogP contribution is -2.51. The van der Waals surface area contributed by atoms with Crippen LogP contribution in [0, 0.1) is 0 Å². The molecule has 0 spiro atoms. The number of nitrogens with zero attached hydrogens (tertiary/aromatic N) is 2. The lowest BCUT2D eigenvalue weighted by molar-refractivity contribution is -0.145. The first-order valence-electron chi connectivity index (χ1n) is 14.0. The molecular formula is C29H41N5O8S. The Labute approximate surface area is 251 Å². The fourth-order valence-corrected chi connectivity index (χ4v) is 6.07. The van der Waals surface area contributed by atoms with Gasteiger partial charge in [-0.1, -0.05) is 47.6 Å². The van der Waals surface area contributed by atoms with Gasteiger partial charge in [0, 0.05) is 6.92 Å². The van der Waals surface area contributed by atoms with E-state index in [1.165, 1.54) is 25.1 Å². The summed E-state index contributed by atoms with van der Waals surface area (Å²) in [6, 6.07) is 12.7. The molecule has 1 aliphatic carbocycles. The highest BCUT2D eigenvalue weighted by Crippen LogP contribution is 2.27. The van der Waals surface area contributed by atoms with Gasteiger partial charge in [-0.25, -0.2) is 18.2 Å². The number of nitrogens with one attached hydrogen (secondary N) is 3. The van der Waals surface area contributed by atoms with Crippen molar-refractivity contribution in [3.8, 4) is 0 Å². The smallest absolute Gasteiger partial charge is 0.407 e. The summed E-state index contributed by atoms with van der Waals surface area (Å²) in [6.45, 7) is 6.09. The SMILES string of the molecule is CC(=O)Nc1nc2ccc(S(=O)(=O)N(CC(O)[C@H](Cc3ccccc3)NC(=O)OC(C)(C)C)OC3CCCC3)cc2[nH]1.O. The first-order chi connectivity index (χ1) is 19.8. The van der Waals surface area contributed by atoms with E-state index in [4.69, 9.17) is 9.57 Å². The number of benzene rings is 2. The summed E-state index contributed by atoms with van der Waals surface area (Å²) in [6.07, 6.45) is 1.000. The lowest BCUT2D eigenvalue weighted by Gasteiger charge is -2.31. The van der Waals surface area contributed by atoms with E-state index in [1.807, 2.05) is 30.3 Å². The highest BCUT2D eigenvalue weighted by molar-refractivity contribution is 7.89. The van der Waals surface area contributed by atoms with E-state index in [1.54, 1.807) is 20.8 Å². The van der Waals surface area contributed by atoms with E-state index in [9.17, 15) is 23.1 Å². The van der Waals surface area contributed by atoms with Crippen molar-refractivity contribution in [1.82, 2.24) is 19.8 Å². The number of aliphatic hydroxyl groups is 1. The van der Waals surface area contributed by atoms with Crippen LogP contribution in [-0.4, -0.2) is 75.8 Å². The molecule has 6 N–H and O–H groups in total. The zero-order valence-corrected chi connectivity index (χ0v) is 25.6. The monoisotopic (exact) mass is 619 g/mol. The number of imidazole rings is 1. The van der Waals surface area contributed by atoms with Gasteiger partial charge in [0.1, 0.15) is 5.60 Å². The maximum atomic E-state index is 13.9. The summed E-state index contributed by atoms with van der Waals surface area (Å²) < 4.78 is 34.1. The van der Waals surface area contributed by atoms with Crippen LogP contribution in [0.2, 0.25) is 0 Å². The van der Waals surface area contributed by atoms with Gasteiger partial charge in [0.15, 0.2) is 0 Å². The molecule has 1 saturated carbocycles. The van der Waals surface area contributed by atoms with Gasteiger partial charge < -0.3 is 25.6 Å². The molecule has 2 atom stereocenters. The molecule has 0 bridgehead atoms. The number of aromatic amines is 1. The third-order valence-corrected chi connectivity index (χ3v) is 8.30. The Hall–Kier alpha value is -3.56. The van der Waals surface area contributed by atoms with Gasteiger partial charge in [-0.2, -0.15) is 0 Å². The summed E-state index contributed by atoms with van der Waals surface area (Å²) in [7, 11) is -4.28. The van der Waals surface area contributed by atoms with Gasteiger partial charge in [0.05, 0.1) is 40.7 Å². The maximum absolute atomic E-state index is 13.9. The molecule has 13 nitrogen and oxygen atoms in total. The van der Waals surface area contributed by atoms with Crippen molar-refractivity contribution < 1.29 is 38.2 Å². The number of carbonyl (C=O) groups is 2. The van der Waals surface area contributed by atoms with Crippen LogP contribution in [0.3, 0.4) is 0 Å². The Morgan fingerprint density at radius 2 is 1.81 bits per heavy atom. The van der Waals surface area contributed by atoms with Crippen molar-refractivity contribution in [1.29, 1.82) is 0 Å². The first kappa shape index (κ1) is 33.9. The number of fused-ring (bicyclic) bond motifs is 1. The summed E-state index contributed by atoms with van der Waals surface area (Å²) >= 11 is 0. The normalized spacial score (nSPS) is 15.6. The zero-order chi connectivity index (χ0) is 30.5. The number of sulfonamides is 1. The highest BCUT2D eigenvalue weighted by atomic mass is 32.2. The molecular weight excluding hydrogens is 578 g/mol. The van der Waals surface area contributed by atoms with E-state index < -0.39 is 40.4 Å². The second kappa shape index (κ2) is 14.3. The molecule has 0 aliphatic heterocycles. The largest absolute Gasteiger partial charge is 0.444 e. The molecule has 1 fully saturated rings. The number of amides is 2. The number of hydrogen-bond donors (Lipinski definition) is 4. The van der Waals surface area contributed by atoms with Crippen LogP contribution < -0.4 is 10.6 Å². The summed E-state index contributed by atoms with van der Waals surface area (Å²) in [4.78, 5) is 37.2. The number of aliphatic hydroxyl groups excluding tert-OH is 1. The molecule has 43 heavy (non-hydrogen) atoms. The minimum absolute atomic E-state index is 0. The van der Waals surface area contributed by atoms with Gasteiger partial charge >= 0.3 is 6.09 Å². The number of alkyl carbamates (subject to hydrolysis) is 1. The molecule has 2 amide bonds. The minimum atomic E-state index is -4.28. The van der Waals surface area contributed by atoms with Gasteiger partial charge in [-0.3, -0.25) is 14.9 Å². The van der Waals surface area contributed by atoms with Crippen molar-refractivity contribution >= 4 is 39.0 Å². The molecule has 1 heterocycles. The summed E-state index contributed by atoms with van der Waals surface area (Å²) in [5, 5.41) is 16.7. The number of ether oxygens (including phenoxy) is 1. The predicted molar refractivity (Wildman–Crippen MR) is 161 cm³/mol. The van der Waals surface area contributed by atoms with Crippen molar-refractivity contribution in [2.75, 3.05) is 11.9 Å². The second-order valence-corrected chi connectivity index (χ2v) is 13.3. The molecule has 0 saturated heterocycles. The number of anilines is 1. The lowest BCUT2D eigenvalue weighted by atomic mass is 10.0. The topological polar surface area (TPSA) is 194 Å². The predicted octanol–water partition coefficient (Wildman–Crippen LogP) is 3.06. The van der Waals surface area contributed by atoms with Gasteiger partial charge in [-0.05, 0) is 63.8 Å². The van der Waals surface area contributed by atoms with Crippen LogP contribution in [-0.2, 0) is 30.8 Å². The van der Waals surface area contributed by atoms with Crippen molar-refractivity contribution in [2.45, 2.75) is 88.5 Å². The average molecular weight is 620 g/mol. The maximum Gasteiger partial charge on any atom is 0.407 e. The van der Waals surface area contributed by atoms with E-state index in [-0.39, 0.29) is 34.8 Å². The number of hydroxylamine groups is 1. The van der Waals surface area contributed by atoms with Gasteiger partial charge in [-0.15, -0.1) is 0 Å². The summed E-state index contributed by atoms with van der Waals surface area (Å²) in [5.74, 6) is -0.129. The zero-order valence-electron chi connectivity index (χ0n) is 24.8. The van der Waals surface area contributed by atoms with E-state index in [2.05, 4.69) is 20.6 Å². The van der Waals surface area contributed by atoms with Crippen LogP contribution in [0.4, 0.5) is 10.7 Å². The third-order valence-electron chi connectivity index (χ3n) is 6.68. The molecule has 4 rings (SSSR count). The van der Waals surface area contributed by atoms with Crippen LogP contribution in [0.5, 0.6) is 0 Å². The van der Waals surface area contributed by atoms with Crippen LogP contribution in [0.1, 0.15) is 58.9 Å². The van der Waals surface area contributed by atoms with Crippen molar-refractivity contribution in [3.63, 3.8) is 0 Å². The molecule has 2 aromatic carbocycles. The van der Waals surface area contributed by atoms with Gasteiger partial charge in [0.25, 0.3) is 10.0 Å². The number of H-pyrrole nitrogens is 1. The van der Waals surface area contributed by atoms with Crippen LogP contribution in [0.15, 0.2) is 53.4 Å². The number of hydrogen-bond acceptors (Lipinski definition) is 8. The van der Waals surface area contributed by atoms with Crippen molar-refractivity contribution in [2.24, 2.45) is 0 Å². The fraction of sp³-hybridized carbons (Fsp3) is 0.483. The molecule has 14 heteroatoms. The Morgan fingerprint density at radius 1 is 1.14 bits per heavy atom. The molecule has 0 radical (unpaired) electrons. The van der Waals surface area contributed by atoms with Gasteiger partial charge in [0.2, 0.25) is 11.9 Å². The molecule has 1 unspecified atom stereocenters. The van der Waals surface area contributed by atoms with E-state index >= 15 is 0 Å². The Balaban J connectivity index is 0.00000506. The molecule has 1 aromatic heterocycles. The molecule has 1 aliphatic rings. The van der Waals surface area contributed by atoms with Crippen LogP contribution >= 0.6 is 0 Å². The Kier molecular flexibility index (Phi) is 11.3. The Morgan fingerprint density at radius 3 is 2.44 bits per heavy atom. The highest BCUT2D eigenvalue weighted by Gasteiger charge is 2.35. The second-order valence-electron chi connectivity index (χ2n) is 11.5. The first-order valence-corrected chi connectivity index (χ1v) is 15.4. The fourth-order valence-electron chi connectivity index (χ4n) is 4.74. The molecule has 236 valence electrons. The third kappa shape index (κ3) is 9.46. The number of carbonyl (C=O) groups excluding carboxylic acids is 2. The summed E-state index contributed by atoms with van der Waals surface area (Å²) in [5.41, 5.74) is 0.932. The number of aromatic nitrogens is 2. The Bertz CT molecular complexity index is 1480. The number of rotatable bonds is 11. The van der Waals surface area contributed by atoms with Crippen molar-refractivity contribution in [3.05, 3.63) is 54.1 Å². The van der Waals surface area contributed by atoms with Crippen LogP contribution in [0.25, 0.3) is 11.0 Å². The average Bonchev–Trinajstić information content (AvgIpc) is 3.55.